The van der Waals surface area contributed by atoms with Crippen LogP contribution in [-0.4, -0.2) is 26.2 Å². The highest BCUT2D eigenvalue weighted by molar-refractivity contribution is 5.88. The molecule has 0 radical (unpaired) electrons. The van der Waals surface area contributed by atoms with Crippen LogP contribution in [0, 0.1) is 20.8 Å². The van der Waals surface area contributed by atoms with Gasteiger partial charge in [0.25, 0.3) is 0 Å². The summed E-state index contributed by atoms with van der Waals surface area (Å²) in [6, 6.07) is 0. The molecule has 5 heteroatoms. The molecule has 24 heavy (non-hydrogen) atoms. The third kappa shape index (κ3) is 5.66. The zero-order chi connectivity index (χ0) is 18.9. The van der Waals surface area contributed by atoms with Crippen LogP contribution in [0.5, 0.6) is 0 Å². The Kier molecular flexibility index (Phi) is 9.35. The molecule has 2 aromatic rings. The van der Waals surface area contributed by atoms with Gasteiger partial charge in [0.2, 0.25) is 0 Å². The van der Waals surface area contributed by atoms with E-state index in [-0.39, 0.29) is 6.61 Å². The Labute approximate surface area is 145 Å². The lowest BCUT2D eigenvalue weighted by Crippen LogP contribution is -1.99. The third-order valence-corrected chi connectivity index (χ3v) is 3.45. The maximum atomic E-state index is 7.57. The number of nitrogens with two attached hydrogens (primary N) is 1. The molecular weight excluding hydrogens is 300 g/mol. The van der Waals surface area contributed by atoms with Gasteiger partial charge in [0, 0.05) is 19.3 Å². The molecule has 0 atom stereocenters. The van der Waals surface area contributed by atoms with Crippen LogP contribution in [0.4, 0.5) is 5.82 Å². The lowest BCUT2D eigenvalue weighted by molar-refractivity contribution is 0.318. The Hall–Kier alpha value is -2.40. The molecule has 5 nitrogen and oxygen atoms in total. The molecule has 0 aromatic carbocycles. The van der Waals surface area contributed by atoms with Crippen molar-refractivity contribution < 1.29 is 5.11 Å². The first kappa shape index (κ1) is 21.6. The number of aryl methyl sites for hydroxylation is 4. The summed E-state index contributed by atoms with van der Waals surface area (Å²) in [5.41, 5.74) is 11.0. The second kappa shape index (κ2) is 10.4. The predicted octanol–water partition coefficient (Wildman–Crippen LogP) is 3.78. The molecule has 0 fully saturated rings. The summed E-state index contributed by atoms with van der Waals surface area (Å²) in [5.74, 6) is 1.48. The minimum absolute atomic E-state index is 0.250. The molecule has 0 saturated heterocycles. The van der Waals surface area contributed by atoms with E-state index in [1.54, 1.807) is 19.1 Å². The first-order chi connectivity index (χ1) is 11.2. The summed E-state index contributed by atoms with van der Waals surface area (Å²) in [4.78, 5) is 8.65. The van der Waals surface area contributed by atoms with Gasteiger partial charge in [0.15, 0.2) is 5.82 Å². The van der Waals surface area contributed by atoms with E-state index in [9.17, 15) is 0 Å². The second-order valence-electron chi connectivity index (χ2n) is 5.29. The van der Waals surface area contributed by atoms with Crippen molar-refractivity contribution in [1.82, 2.24) is 14.5 Å². The van der Waals surface area contributed by atoms with E-state index in [0.717, 1.165) is 33.7 Å². The van der Waals surface area contributed by atoms with Gasteiger partial charge in [-0.1, -0.05) is 37.0 Å². The fourth-order valence-corrected chi connectivity index (χ4v) is 1.96. The molecule has 0 amide bonds. The van der Waals surface area contributed by atoms with Crippen LogP contribution < -0.4 is 5.73 Å². The number of imidazole rings is 1. The van der Waals surface area contributed by atoms with Crippen LogP contribution in [-0.2, 0) is 7.05 Å². The van der Waals surface area contributed by atoms with Gasteiger partial charge in [-0.15, -0.1) is 0 Å². The molecule has 0 spiro atoms. The first-order valence-electron chi connectivity index (χ1n) is 7.83. The molecule has 0 aliphatic carbocycles. The van der Waals surface area contributed by atoms with E-state index in [4.69, 9.17) is 10.8 Å². The molecule has 132 valence electrons. The minimum Gasteiger partial charge on any atom is -0.397 e. The highest BCUT2D eigenvalue weighted by atomic mass is 16.2. The van der Waals surface area contributed by atoms with Gasteiger partial charge in [-0.05, 0) is 40.2 Å². The fraction of sp³-hybridized carbons (Fsp3) is 0.368. The van der Waals surface area contributed by atoms with Crippen LogP contribution in [0.15, 0.2) is 37.0 Å². The van der Waals surface area contributed by atoms with Crippen molar-refractivity contribution in [1.29, 1.82) is 0 Å². The molecular formula is C19H30N4O. The average Bonchev–Trinajstić information content (AvgIpc) is 2.83. The zero-order valence-electron chi connectivity index (χ0n) is 15.7. The molecule has 0 saturated carbocycles. The normalized spacial score (nSPS) is 10.4. The number of allylic oxidation sites excluding steroid dienone is 4. The van der Waals surface area contributed by atoms with E-state index in [1.165, 1.54) is 0 Å². The smallest absolute Gasteiger partial charge is 0.151 e. The number of nitrogens with zero attached hydrogens (tertiary/aromatic N) is 3. The second-order valence-corrected chi connectivity index (χ2v) is 5.29. The SMILES string of the molecule is C=C/C=C(/C)C=C.CCO.Cc1nc(N)c2nc(C)n(C)c2c1C. The van der Waals surface area contributed by atoms with E-state index < -0.39 is 0 Å². The molecule has 2 heterocycles. The number of aliphatic hydroxyl groups excluding tert-OH is 1. The Morgan fingerprint density at radius 1 is 1.25 bits per heavy atom. The third-order valence-electron chi connectivity index (χ3n) is 3.45. The number of nitrogen functional groups attached to an aromatic ring is 1. The van der Waals surface area contributed by atoms with Gasteiger partial charge in [-0.2, -0.15) is 0 Å². The molecule has 3 N–H and O–H groups in total. The largest absolute Gasteiger partial charge is 0.397 e. The highest BCUT2D eigenvalue weighted by Crippen LogP contribution is 2.24. The number of rotatable bonds is 2. The Morgan fingerprint density at radius 3 is 2.21 bits per heavy atom. The van der Waals surface area contributed by atoms with Gasteiger partial charge >= 0.3 is 0 Å². The zero-order valence-corrected chi connectivity index (χ0v) is 15.7. The van der Waals surface area contributed by atoms with Crippen LogP contribution >= 0.6 is 0 Å². The summed E-state index contributed by atoms with van der Waals surface area (Å²) in [5, 5.41) is 7.57. The summed E-state index contributed by atoms with van der Waals surface area (Å²) >= 11 is 0. The fourth-order valence-electron chi connectivity index (χ4n) is 1.96. The van der Waals surface area contributed by atoms with Gasteiger partial charge in [0.05, 0.1) is 5.52 Å². The highest BCUT2D eigenvalue weighted by Gasteiger charge is 2.12. The molecule has 0 aliphatic rings. The van der Waals surface area contributed by atoms with Crippen LogP contribution in [0.3, 0.4) is 0 Å². The van der Waals surface area contributed by atoms with E-state index in [1.807, 2.05) is 40.8 Å². The van der Waals surface area contributed by atoms with Crippen molar-refractivity contribution >= 4 is 16.9 Å². The average molecular weight is 330 g/mol. The Bertz CT molecular complexity index is 727. The maximum absolute atomic E-state index is 7.57. The lowest BCUT2D eigenvalue weighted by Gasteiger charge is -2.05. The van der Waals surface area contributed by atoms with Gasteiger partial charge in [-0.3, -0.25) is 0 Å². The maximum Gasteiger partial charge on any atom is 0.151 e. The number of hydrogen-bond donors (Lipinski definition) is 2. The molecule has 2 rings (SSSR count). The molecule has 2 aromatic heterocycles. The summed E-state index contributed by atoms with van der Waals surface area (Å²) in [6.45, 7) is 17.0. The summed E-state index contributed by atoms with van der Waals surface area (Å²) in [6.07, 6.45) is 5.45. The number of pyridine rings is 1. The van der Waals surface area contributed by atoms with Crippen LogP contribution in [0.2, 0.25) is 0 Å². The summed E-state index contributed by atoms with van der Waals surface area (Å²) < 4.78 is 2.05. The number of fused-ring (bicyclic) bond motifs is 1. The van der Waals surface area contributed by atoms with Crippen molar-refractivity contribution in [3.8, 4) is 0 Å². The number of aromatic nitrogens is 3. The number of hydrogen-bond acceptors (Lipinski definition) is 4. The monoisotopic (exact) mass is 330 g/mol. The van der Waals surface area contributed by atoms with Gasteiger partial charge in [-0.25, -0.2) is 9.97 Å². The van der Waals surface area contributed by atoms with Crippen molar-refractivity contribution in [3.05, 3.63) is 54.0 Å². The van der Waals surface area contributed by atoms with E-state index >= 15 is 0 Å². The topological polar surface area (TPSA) is 77.0 Å². The van der Waals surface area contributed by atoms with Crippen molar-refractivity contribution in [2.45, 2.75) is 34.6 Å². The molecule has 0 aliphatic heterocycles. The lowest BCUT2D eigenvalue weighted by atomic mass is 10.2. The first-order valence-corrected chi connectivity index (χ1v) is 7.83. The van der Waals surface area contributed by atoms with Crippen molar-refractivity contribution in [3.63, 3.8) is 0 Å². The number of aliphatic hydroxyl groups is 1. The Balaban J connectivity index is 0.000000448. The van der Waals surface area contributed by atoms with Gasteiger partial charge < -0.3 is 15.4 Å². The number of anilines is 1. The van der Waals surface area contributed by atoms with E-state index in [2.05, 4.69) is 27.7 Å². The van der Waals surface area contributed by atoms with Crippen LogP contribution in [0.1, 0.15) is 30.9 Å². The Morgan fingerprint density at radius 2 is 1.79 bits per heavy atom. The molecule has 0 unspecified atom stereocenters. The molecule has 0 bridgehead atoms. The predicted molar refractivity (Wildman–Crippen MR) is 104 cm³/mol. The van der Waals surface area contributed by atoms with Gasteiger partial charge in [0.1, 0.15) is 11.3 Å². The van der Waals surface area contributed by atoms with Crippen molar-refractivity contribution in [2.24, 2.45) is 7.05 Å². The summed E-state index contributed by atoms with van der Waals surface area (Å²) in [7, 11) is 2.00. The van der Waals surface area contributed by atoms with Crippen molar-refractivity contribution in [2.75, 3.05) is 12.3 Å². The van der Waals surface area contributed by atoms with Crippen LogP contribution in [0.25, 0.3) is 11.0 Å². The quantitative estimate of drug-likeness (QED) is 0.822. The minimum atomic E-state index is 0.250. The standard InChI is InChI=1S/C10H14N4.C7H10.C2H6O/c1-5-6(2)12-10(11)8-9(5)14(4)7(3)13-8;1-4-6-7(3)5-2;1-2-3/h1-4H3,(H2,11,12);4-6H,1-2H2,3H3;3H,2H2,1H3/b;7-6-;. The van der Waals surface area contributed by atoms with E-state index in [0.29, 0.717) is 5.82 Å².